The molecule has 1 aromatic rings. The highest BCUT2D eigenvalue weighted by Gasteiger charge is 2.24. The molecule has 0 radical (unpaired) electrons. The molecule has 1 aromatic carbocycles. The maximum atomic E-state index is 13.1. The second-order valence-electron chi connectivity index (χ2n) is 4.32. The van der Waals surface area contributed by atoms with E-state index in [-0.39, 0.29) is 16.9 Å². The van der Waals surface area contributed by atoms with Gasteiger partial charge in [-0.25, -0.2) is 4.39 Å². The Balaban J connectivity index is 2.12. The van der Waals surface area contributed by atoms with E-state index in [1.54, 1.807) is 4.90 Å². The molecule has 0 spiro atoms. The van der Waals surface area contributed by atoms with E-state index >= 15 is 0 Å². The van der Waals surface area contributed by atoms with Gasteiger partial charge in [-0.15, -0.1) is 12.6 Å². The molecule has 1 saturated heterocycles. The van der Waals surface area contributed by atoms with Gasteiger partial charge in [0.1, 0.15) is 5.82 Å². The molecule has 1 heterocycles. The van der Waals surface area contributed by atoms with Crippen LogP contribution >= 0.6 is 12.6 Å². The van der Waals surface area contributed by atoms with Crippen LogP contribution in [0.1, 0.15) is 23.7 Å². The number of morpholine rings is 1. The van der Waals surface area contributed by atoms with Gasteiger partial charge in [0.2, 0.25) is 0 Å². The van der Waals surface area contributed by atoms with Gasteiger partial charge >= 0.3 is 0 Å². The van der Waals surface area contributed by atoms with Gasteiger partial charge in [-0.2, -0.15) is 0 Å². The molecule has 0 bridgehead atoms. The SMILES string of the molecule is CCC1CN(C(=O)c2ccc(F)c(S)c2)CCO1. The maximum Gasteiger partial charge on any atom is 0.254 e. The van der Waals surface area contributed by atoms with Crippen molar-refractivity contribution in [1.82, 2.24) is 4.90 Å². The molecule has 5 heteroatoms. The number of carbonyl (C=O) groups is 1. The summed E-state index contributed by atoms with van der Waals surface area (Å²) in [5.74, 6) is -0.504. The van der Waals surface area contributed by atoms with E-state index in [9.17, 15) is 9.18 Å². The monoisotopic (exact) mass is 269 g/mol. The van der Waals surface area contributed by atoms with Gasteiger partial charge in [0.15, 0.2) is 0 Å². The van der Waals surface area contributed by atoms with Gasteiger partial charge in [0.05, 0.1) is 12.7 Å². The minimum Gasteiger partial charge on any atom is -0.375 e. The van der Waals surface area contributed by atoms with E-state index in [2.05, 4.69) is 12.6 Å². The minimum atomic E-state index is -0.414. The van der Waals surface area contributed by atoms with Crippen molar-refractivity contribution in [1.29, 1.82) is 0 Å². The van der Waals surface area contributed by atoms with Crippen LogP contribution in [0.25, 0.3) is 0 Å². The standard InChI is InChI=1S/C13H16FNO2S/c1-2-10-8-15(5-6-17-10)13(16)9-3-4-11(14)12(18)7-9/h3-4,7,10,18H,2,5-6,8H2,1H3. The Morgan fingerprint density at radius 2 is 2.39 bits per heavy atom. The maximum absolute atomic E-state index is 13.1. The smallest absolute Gasteiger partial charge is 0.254 e. The third-order valence-electron chi connectivity index (χ3n) is 3.07. The normalized spacial score (nSPS) is 19.9. The molecule has 18 heavy (non-hydrogen) atoms. The Kier molecular flexibility index (Phi) is 4.24. The average Bonchev–Trinajstić information content (AvgIpc) is 2.41. The Labute approximate surface area is 111 Å². The first-order valence-corrected chi connectivity index (χ1v) is 6.46. The number of ether oxygens (including phenoxy) is 1. The zero-order valence-electron chi connectivity index (χ0n) is 10.2. The van der Waals surface area contributed by atoms with Gasteiger partial charge in [0.25, 0.3) is 5.91 Å². The molecule has 0 N–H and O–H groups in total. The molecule has 0 aliphatic carbocycles. The van der Waals surface area contributed by atoms with Crippen molar-refractivity contribution in [2.24, 2.45) is 0 Å². The summed E-state index contributed by atoms with van der Waals surface area (Å²) < 4.78 is 18.6. The lowest BCUT2D eigenvalue weighted by Crippen LogP contribution is -2.45. The van der Waals surface area contributed by atoms with Crippen LogP contribution in [0.3, 0.4) is 0 Å². The Morgan fingerprint density at radius 3 is 3.06 bits per heavy atom. The van der Waals surface area contributed by atoms with Crippen molar-refractivity contribution in [2.75, 3.05) is 19.7 Å². The third kappa shape index (κ3) is 2.84. The number of hydrogen-bond donors (Lipinski definition) is 1. The van der Waals surface area contributed by atoms with Crippen LogP contribution in [0.2, 0.25) is 0 Å². The fraction of sp³-hybridized carbons (Fsp3) is 0.462. The fourth-order valence-electron chi connectivity index (χ4n) is 1.98. The highest BCUT2D eigenvalue weighted by molar-refractivity contribution is 7.80. The quantitative estimate of drug-likeness (QED) is 0.835. The molecule has 0 aromatic heterocycles. The molecular formula is C13H16FNO2S. The summed E-state index contributed by atoms with van der Waals surface area (Å²) in [7, 11) is 0. The minimum absolute atomic E-state index is 0.0907. The number of nitrogens with zero attached hydrogens (tertiary/aromatic N) is 1. The molecule has 1 amide bonds. The van der Waals surface area contributed by atoms with Crippen LogP contribution < -0.4 is 0 Å². The zero-order valence-corrected chi connectivity index (χ0v) is 11.1. The molecule has 1 aliphatic rings. The van der Waals surface area contributed by atoms with Gasteiger partial charge < -0.3 is 9.64 Å². The highest BCUT2D eigenvalue weighted by Crippen LogP contribution is 2.17. The van der Waals surface area contributed by atoms with Crippen LogP contribution in [-0.2, 0) is 4.74 Å². The average molecular weight is 269 g/mol. The molecule has 2 rings (SSSR count). The Morgan fingerprint density at radius 1 is 1.61 bits per heavy atom. The summed E-state index contributed by atoms with van der Waals surface area (Å²) >= 11 is 3.99. The Hall–Kier alpha value is -1.07. The first-order valence-electron chi connectivity index (χ1n) is 6.01. The molecule has 1 aliphatic heterocycles. The Bertz CT molecular complexity index is 453. The van der Waals surface area contributed by atoms with Crippen molar-refractivity contribution < 1.29 is 13.9 Å². The van der Waals surface area contributed by atoms with Crippen LogP contribution in [0.5, 0.6) is 0 Å². The fourth-order valence-corrected chi connectivity index (χ4v) is 2.19. The first kappa shape index (κ1) is 13.4. The second kappa shape index (κ2) is 5.71. The summed E-state index contributed by atoms with van der Waals surface area (Å²) in [6.45, 7) is 3.75. The number of hydrogen-bond acceptors (Lipinski definition) is 3. The zero-order chi connectivity index (χ0) is 13.1. The van der Waals surface area contributed by atoms with Gasteiger partial charge in [-0.05, 0) is 24.6 Å². The highest BCUT2D eigenvalue weighted by atomic mass is 32.1. The van der Waals surface area contributed by atoms with Gasteiger partial charge in [0, 0.05) is 23.5 Å². The van der Waals surface area contributed by atoms with Gasteiger partial charge in [-0.1, -0.05) is 6.92 Å². The summed E-state index contributed by atoms with van der Waals surface area (Å²) in [5.41, 5.74) is 0.471. The lowest BCUT2D eigenvalue weighted by atomic mass is 10.1. The molecule has 0 saturated carbocycles. The molecular weight excluding hydrogens is 253 g/mol. The lowest BCUT2D eigenvalue weighted by Gasteiger charge is -2.32. The van der Waals surface area contributed by atoms with Crippen LogP contribution in [0.4, 0.5) is 4.39 Å². The number of benzene rings is 1. The molecule has 1 fully saturated rings. The number of amides is 1. The summed E-state index contributed by atoms with van der Waals surface area (Å²) in [5, 5.41) is 0. The van der Waals surface area contributed by atoms with Gasteiger partial charge in [-0.3, -0.25) is 4.79 Å². The van der Waals surface area contributed by atoms with E-state index in [4.69, 9.17) is 4.74 Å². The molecule has 3 nitrogen and oxygen atoms in total. The molecule has 98 valence electrons. The number of halogens is 1. The van der Waals surface area contributed by atoms with E-state index in [0.29, 0.717) is 25.3 Å². The summed E-state index contributed by atoms with van der Waals surface area (Å²) in [6, 6.07) is 4.23. The van der Waals surface area contributed by atoms with Crippen molar-refractivity contribution in [3.8, 4) is 0 Å². The predicted molar refractivity (Wildman–Crippen MR) is 69.6 cm³/mol. The van der Waals surface area contributed by atoms with Crippen molar-refractivity contribution in [2.45, 2.75) is 24.3 Å². The van der Waals surface area contributed by atoms with E-state index in [1.165, 1.54) is 18.2 Å². The third-order valence-corrected chi connectivity index (χ3v) is 3.42. The second-order valence-corrected chi connectivity index (χ2v) is 4.80. The molecule has 1 unspecified atom stereocenters. The predicted octanol–water partition coefficient (Wildman–Crippen LogP) is 2.37. The van der Waals surface area contributed by atoms with Crippen LogP contribution in [0.15, 0.2) is 23.1 Å². The van der Waals surface area contributed by atoms with E-state index in [0.717, 1.165) is 6.42 Å². The largest absolute Gasteiger partial charge is 0.375 e. The topological polar surface area (TPSA) is 29.5 Å². The first-order chi connectivity index (χ1) is 8.61. The van der Waals surface area contributed by atoms with Crippen molar-refractivity contribution in [3.05, 3.63) is 29.6 Å². The van der Waals surface area contributed by atoms with Crippen molar-refractivity contribution in [3.63, 3.8) is 0 Å². The number of carbonyl (C=O) groups excluding carboxylic acids is 1. The van der Waals surface area contributed by atoms with Crippen LogP contribution in [-0.4, -0.2) is 36.6 Å². The van der Waals surface area contributed by atoms with Crippen molar-refractivity contribution >= 4 is 18.5 Å². The summed E-state index contributed by atoms with van der Waals surface area (Å²) in [4.78, 5) is 14.2. The molecule has 1 atom stereocenters. The lowest BCUT2D eigenvalue weighted by molar-refractivity contribution is -0.0226. The van der Waals surface area contributed by atoms with E-state index in [1.807, 2.05) is 6.92 Å². The van der Waals surface area contributed by atoms with E-state index < -0.39 is 5.82 Å². The number of rotatable bonds is 2. The number of thiol groups is 1. The van der Waals surface area contributed by atoms with Crippen LogP contribution in [0, 0.1) is 5.82 Å². The summed E-state index contributed by atoms with van der Waals surface area (Å²) in [6.07, 6.45) is 0.976.